The van der Waals surface area contributed by atoms with E-state index in [4.69, 9.17) is 9.47 Å². The molecule has 3 heteroatoms. The minimum atomic E-state index is -0.425. The highest BCUT2D eigenvalue weighted by Crippen LogP contribution is 2.14. The van der Waals surface area contributed by atoms with Crippen LogP contribution in [0.25, 0.3) is 0 Å². The molecule has 0 aliphatic rings. The second-order valence-corrected chi connectivity index (χ2v) is 4.54. The molecule has 0 aromatic carbocycles. The summed E-state index contributed by atoms with van der Waals surface area (Å²) in [6, 6.07) is 0. The van der Waals surface area contributed by atoms with E-state index in [1.807, 2.05) is 41.5 Å². The number of carbonyl (C=O) groups excluding carboxylic acids is 1. The van der Waals surface area contributed by atoms with Crippen molar-refractivity contribution in [1.29, 1.82) is 0 Å². The number of carbonyl (C=O) groups is 1. The Hall–Kier alpha value is -0.570. The number of ether oxygens (including phenoxy) is 2. The average Bonchev–Trinajstić information content (AvgIpc) is 2.14. The minimum absolute atomic E-state index is 0.0537. The molecule has 3 nitrogen and oxygen atoms in total. The Morgan fingerprint density at radius 1 is 1.13 bits per heavy atom. The van der Waals surface area contributed by atoms with Gasteiger partial charge in [0.2, 0.25) is 6.29 Å². The maximum atomic E-state index is 11.6. The molecule has 0 amide bonds. The van der Waals surface area contributed by atoms with Crippen LogP contribution in [0.1, 0.15) is 48.0 Å². The summed E-state index contributed by atoms with van der Waals surface area (Å²) < 4.78 is 10.8. The molecular formula is C12H24O3. The normalized spacial score (nSPS) is 15.5. The number of hydrogen-bond acceptors (Lipinski definition) is 3. The van der Waals surface area contributed by atoms with Crippen LogP contribution in [-0.4, -0.2) is 18.4 Å². The summed E-state index contributed by atoms with van der Waals surface area (Å²) in [4.78, 5) is 11.6. The molecule has 0 aromatic heterocycles. The molecule has 2 unspecified atom stereocenters. The van der Waals surface area contributed by atoms with Gasteiger partial charge < -0.3 is 9.47 Å². The van der Waals surface area contributed by atoms with Gasteiger partial charge in [-0.25, -0.2) is 0 Å². The molecule has 15 heavy (non-hydrogen) atoms. The molecule has 0 spiro atoms. The van der Waals surface area contributed by atoms with E-state index in [2.05, 4.69) is 0 Å². The number of esters is 1. The highest BCUT2D eigenvalue weighted by Gasteiger charge is 2.22. The van der Waals surface area contributed by atoms with Gasteiger partial charge >= 0.3 is 5.97 Å². The molecule has 2 atom stereocenters. The number of hydrogen-bond donors (Lipinski definition) is 0. The van der Waals surface area contributed by atoms with Crippen LogP contribution in [-0.2, 0) is 14.3 Å². The molecule has 0 N–H and O–H groups in total. The molecular weight excluding hydrogens is 192 g/mol. The van der Waals surface area contributed by atoms with Gasteiger partial charge in [0.1, 0.15) is 0 Å². The van der Waals surface area contributed by atoms with Crippen molar-refractivity contribution in [3.05, 3.63) is 0 Å². The van der Waals surface area contributed by atoms with Crippen molar-refractivity contribution < 1.29 is 14.3 Å². The van der Waals surface area contributed by atoms with Gasteiger partial charge in [-0.3, -0.25) is 4.79 Å². The van der Waals surface area contributed by atoms with E-state index in [0.717, 1.165) is 6.42 Å². The van der Waals surface area contributed by atoms with Gasteiger partial charge in [0.15, 0.2) is 0 Å². The fraction of sp³-hybridized carbons (Fsp3) is 0.917. The van der Waals surface area contributed by atoms with E-state index in [-0.39, 0.29) is 23.9 Å². The lowest BCUT2D eigenvalue weighted by atomic mass is 10.1. The Labute approximate surface area is 93.1 Å². The van der Waals surface area contributed by atoms with Crippen LogP contribution >= 0.6 is 0 Å². The monoisotopic (exact) mass is 216 g/mol. The Balaban J connectivity index is 4.22. The predicted molar refractivity (Wildman–Crippen MR) is 60.4 cm³/mol. The summed E-state index contributed by atoms with van der Waals surface area (Å²) in [6.07, 6.45) is 0.444. The zero-order chi connectivity index (χ0) is 12.0. The standard InChI is InChI=1S/C12H24O3/c1-7-10(6)11(13)15-12(8(2)3)14-9(4)5/h8-10,12H,7H2,1-6H3. The summed E-state index contributed by atoms with van der Waals surface area (Å²) >= 11 is 0. The van der Waals surface area contributed by atoms with Crippen molar-refractivity contribution in [2.24, 2.45) is 11.8 Å². The van der Waals surface area contributed by atoms with Gasteiger partial charge in [-0.15, -0.1) is 0 Å². The second kappa shape index (κ2) is 6.83. The minimum Gasteiger partial charge on any atom is -0.435 e. The molecule has 0 bridgehead atoms. The van der Waals surface area contributed by atoms with Crippen LogP contribution in [0.4, 0.5) is 0 Å². The van der Waals surface area contributed by atoms with Gasteiger partial charge in [-0.1, -0.05) is 27.7 Å². The van der Waals surface area contributed by atoms with E-state index in [1.165, 1.54) is 0 Å². The maximum absolute atomic E-state index is 11.6. The first-order chi connectivity index (χ1) is 6.88. The van der Waals surface area contributed by atoms with Gasteiger partial charge in [-0.05, 0) is 20.3 Å². The first-order valence-corrected chi connectivity index (χ1v) is 5.74. The van der Waals surface area contributed by atoms with Crippen LogP contribution in [0.2, 0.25) is 0 Å². The number of rotatable bonds is 6. The molecule has 0 radical (unpaired) electrons. The smallest absolute Gasteiger partial charge is 0.310 e. The molecule has 0 rings (SSSR count). The quantitative estimate of drug-likeness (QED) is 0.506. The maximum Gasteiger partial charge on any atom is 0.310 e. The second-order valence-electron chi connectivity index (χ2n) is 4.54. The molecule has 0 aliphatic heterocycles. The largest absolute Gasteiger partial charge is 0.435 e. The van der Waals surface area contributed by atoms with Crippen molar-refractivity contribution in [2.75, 3.05) is 0 Å². The summed E-state index contributed by atoms with van der Waals surface area (Å²) in [6.45, 7) is 11.7. The zero-order valence-electron chi connectivity index (χ0n) is 10.7. The summed E-state index contributed by atoms with van der Waals surface area (Å²) in [5, 5.41) is 0. The van der Waals surface area contributed by atoms with Gasteiger partial charge in [0.05, 0.1) is 12.0 Å². The Morgan fingerprint density at radius 3 is 2.00 bits per heavy atom. The lowest BCUT2D eigenvalue weighted by Crippen LogP contribution is -2.31. The Bertz CT molecular complexity index is 187. The summed E-state index contributed by atoms with van der Waals surface area (Å²) in [5.74, 6) is -0.0423. The molecule has 0 heterocycles. The zero-order valence-corrected chi connectivity index (χ0v) is 10.7. The van der Waals surface area contributed by atoms with Crippen molar-refractivity contribution in [3.8, 4) is 0 Å². The molecule has 0 aromatic rings. The molecule has 90 valence electrons. The summed E-state index contributed by atoms with van der Waals surface area (Å²) in [5.41, 5.74) is 0. The molecule has 0 saturated carbocycles. The van der Waals surface area contributed by atoms with Gasteiger partial charge in [0, 0.05) is 5.92 Å². The van der Waals surface area contributed by atoms with Crippen LogP contribution < -0.4 is 0 Å². The van der Waals surface area contributed by atoms with E-state index in [9.17, 15) is 4.79 Å². The third-order valence-electron chi connectivity index (χ3n) is 2.20. The highest BCUT2D eigenvalue weighted by molar-refractivity contribution is 5.71. The fourth-order valence-electron chi connectivity index (χ4n) is 0.987. The molecule has 0 saturated heterocycles. The van der Waals surface area contributed by atoms with Crippen molar-refractivity contribution >= 4 is 5.97 Å². The highest BCUT2D eigenvalue weighted by atomic mass is 16.7. The van der Waals surface area contributed by atoms with Crippen LogP contribution in [0, 0.1) is 11.8 Å². The third-order valence-corrected chi connectivity index (χ3v) is 2.20. The van der Waals surface area contributed by atoms with Gasteiger partial charge in [-0.2, -0.15) is 0 Å². The predicted octanol–water partition coefficient (Wildman–Crippen LogP) is 2.98. The van der Waals surface area contributed by atoms with Gasteiger partial charge in [0.25, 0.3) is 0 Å². The lowest BCUT2D eigenvalue weighted by Gasteiger charge is -2.24. The Morgan fingerprint density at radius 2 is 1.67 bits per heavy atom. The van der Waals surface area contributed by atoms with Crippen LogP contribution in [0.15, 0.2) is 0 Å². The van der Waals surface area contributed by atoms with Crippen LogP contribution in [0.5, 0.6) is 0 Å². The van der Waals surface area contributed by atoms with Crippen molar-refractivity contribution in [2.45, 2.75) is 60.4 Å². The first-order valence-electron chi connectivity index (χ1n) is 5.74. The SMILES string of the molecule is CCC(C)C(=O)OC(OC(C)C)C(C)C. The van der Waals surface area contributed by atoms with E-state index in [0.29, 0.717) is 0 Å². The molecule has 0 fully saturated rings. The topological polar surface area (TPSA) is 35.5 Å². The average molecular weight is 216 g/mol. The first kappa shape index (κ1) is 14.4. The van der Waals surface area contributed by atoms with E-state index >= 15 is 0 Å². The van der Waals surface area contributed by atoms with Crippen molar-refractivity contribution in [3.63, 3.8) is 0 Å². The Kier molecular flexibility index (Phi) is 6.57. The van der Waals surface area contributed by atoms with E-state index in [1.54, 1.807) is 0 Å². The third kappa shape index (κ3) is 5.78. The lowest BCUT2D eigenvalue weighted by molar-refractivity contribution is -0.201. The molecule has 0 aliphatic carbocycles. The van der Waals surface area contributed by atoms with Crippen molar-refractivity contribution in [1.82, 2.24) is 0 Å². The fourth-order valence-corrected chi connectivity index (χ4v) is 0.987. The summed E-state index contributed by atoms with van der Waals surface area (Å²) in [7, 11) is 0. The van der Waals surface area contributed by atoms with Crippen LogP contribution in [0.3, 0.4) is 0 Å². The van der Waals surface area contributed by atoms with E-state index < -0.39 is 6.29 Å².